The molecule has 2 unspecified atom stereocenters. The van der Waals surface area contributed by atoms with Gasteiger partial charge in [-0.15, -0.1) is 0 Å². The first kappa shape index (κ1) is 11.8. The quantitative estimate of drug-likeness (QED) is 0.662. The van der Waals surface area contributed by atoms with Crippen molar-refractivity contribution < 1.29 is 9.53 Å². The van der Waals surface area contributed by atoms with Crippen LogP contribution in [-0.4, -0.2) is 62.8 Å². The molecule has 1 amide bonds. The van der Waals surface area contributed by atoms with Gasteiger partial charge in [-0.2, -0.15) is 0 Å². The highest BCUT2D eigenvalue weighted by Gasteiger charge is 2.23. The molecule has 2 atom stereocenters. The third-order valence-electron chi connectivity index (χ3n) is 3.19. The van der Waals surface area contributed by atoms with Crippen molar-refractivity contribution in [1.29, 1.82) is 0 Å². The molecule has 0 aliphatic carbocycles. The second-order valence-corrected chi connectivity index (χ2v) is 4.75. The average molecular weight is 227 g/mol. The molecule has 0 aromatic rings. The van der Waals surface area contributed by atoms with E-state index in [4.69, 9.17) is 4.74 Å². The van der Waals surface area contributed by atoms with Crippen LogP contribution in [0.3, 0.4) is 0 Å². The van der Waals surface area contributed by atoms with E-state index < -0.39 is 0 Å². The van der Waals surface area contributed by atoms with Gasteiger partial charge in [0.05, 0.1) is 13.2 Å². The number of carbonyl (C=O) groups is 1. The predicted molar refractivity (Wildman–Crippen MR) is 61.3 cm³/mol. The van der Waals surface area contributed by atoms with Crippen LogP contribution in [0.5, 0.6) is 0 Å². The van der Waals surface area contributed by atoms with Crippen LogP contribution in [0.1, 0.15) is 12.8 Å². The summed E-state index contributed by atoms with van der Waals surface area (Å²) in [6.07, 6.45) is 1.59. The number of hydrogen-bond donors (Lipinski definition) is 2. The van der Waals surface area contributed by atoms with Gasteiger partial charge < -0.3 is 20.3 Å². The molecular weight excluding hydrogens is 206 g/mol. The first-order chi connectivity index (χ1) is 7.74. The molecule has 2 saturated heterocycles. The zero-order valence-electron chi connectivity index (χ0n) is 9.87. The van der Waals surface area contributed by atoms with Crippen LogP contribution >= 0.6 is 0 Å². The van der Waals surface area contributed by atoms with Gasteiger partial charge in [0.2, 0.25) is 5.91 Å². The molecule has 2 aliphatic rings. The topological polar surface area (TPSA) is 53.6 Å². The van der Waals surface area contributed by atoms with Crippen molar-refractivity contribution in [2.75, 3.05) is 39.9 Å². The minimum Gasteiger partial charge on any atom is -0.378 e. The lowest BCUT2D eigenvalue weighted by Gasteiger charge is -2.24. The molecule has 0 bridgehead atoms. The zero-order valence-corrected chi connectivity index (χ0v) is 9.87. The van der Waals surface area contributed by atoms with Gasteiger partial charge in [-0.3, -0.25) is 4.79 Å². The average Bonchev–Trinajstić information content (AvgIpc) is 2.65. The maximum atomic E-state index is 11.7. The summed E-state index contributed by atoms with van der Waals surface area (Å²) in [6, 6.07) is 0.523. The summed E-state index contributed by atoms with van der Waals surface area (Å²) in [5.74, 6) is 0.142. The molecular formula is C11H21N3O2. The maximum absolute atomic E-state index is 11.7. The smallest absolute Gasteiger partial charge is 0.221 e. The minimum absolute atomic E-state index is 0.142. The molecule has 2 rings (SSSR count). The fourth-order valence-electron chi connectivity index (χ4n) is 2.31. The molecule has 0 radical (unpaired) electrons. The number of carbonyl (C=O) groups excluding carboxylic acids is 1. The summed E-state index contributed by atoms with van der Waals surface area (Å²) in [5, 5.41) is 6.37. The largest absolute Gasteiger partial charge is 0.378 e. The molecule has 0 aromatic heterocycles. The van der Waals surface area contributed by atoms with Gasteiger partial charge in [-0.1, -0.05) is 0 Å². The van der Waals surface area contributed by atoms with Crippen molar-refractivity contribution in [1.82, 2.24) is 15.5 Å². The first-order valence-electron chi connectivity index (χ1n) is 6.03. The van der Waals surface area contributed by atoms with Crippen molar-refractivity contribution >= 4 is 5.91 Å². The number of ether oxygens (including phenoxy) is 1. The predicted octanol–water partition coefficient (Wildman–Crippen LogP) is -0.815. The van der Waals surface area contributed by atoms with Gasteiger partial charge in [0.15, 0.2) is 0 Å². The lowest BCUT2D eigenvalue weighted by molar-refractivity contribution is -0.122. The van der Waals surface area contributed by atoms with Crippen molar-refractivity contribution in [2.45, 2.75) is 24.9 Å². The Morgan fingerprint density at radius 2 is 2.50 bits per heavy atom. The van der Waals surface area contributed by atoms with Crippen LogP contribution in [-0.2, 0) is 9.53 Å². The number of rotatable bonds is 3. The van der Waals surface area contributed by atoms with Gasteiger partial charge in [0.1, 0.15) is 0 Å². The van der Waals surface area contributed by atoms with E-state index in [0.717, 1.165) is 32.7 Å². The van der Waals surface area contributed by atoms with Gasteiger partial charge >= 0.3 is 0 Å². The zero-order chi connectivity index (χ0) is 11.4. The molecule has 5 heteroatoms. The monoisotopic (exact) mass is 227 g/mol. The summed E-state index contributed by atoms with van der Waals surface area (Å²) >= 11 is 0. The Hall–Kier alpha value is -0.650. The Bertz CT molecular complexity index is 233. The highest BCUT2D eigenvalue weighted by molar-refractivity contribution is 5.77. The van der Waals surface area contributed by atoms with Crippen LogP contribution in [0.2, 0.25) is 0 Å². The molecule has 5 nitrogen and oxygen atoms in total. The summed E-state index contributed by atoms with van der Waals surface area (Å²) < 4.78 is 5.32. The lowest BCUT2D eigenvalue weighted by atomic mass is 10.1. The summed E-state index contributed by atoms with van der Waals surface area (Å²) in [5.41, 5.74) is 0. The highest BCUT2D eigenvalue weighted by Crippen LogP contribution is 2.07. The number of nitrogens with one attached hydrogen (secondary N) is 2. The summed E-state index contributed by atoms with van der Waals surface area (Å²) in [4.78, 5) is 14.0. The third kappa shape index (κ3) is 3.43. The van der Waals surface area contributed by atoms with Crippen LogP contribution in [0.4, 0.5) is 0 Å². The fourth-order valence-corrected chi connectivity index (χ4v) is 2.31. The second-order valence-electron chi connectivity index (χ2n) is 4.75. The normalized spacial score (nSPS) is 31.6. The van der Waals surface area contributed by atoms with Crippen molar-refractivity contribution in [3.63, 3.8) is 0 Å². The Balaban J connectivity index is 1.67. The molecule has 2 fully saturated rings. The van der Waals surface area contributed by atoms with E-state index in [9.17, 15) is 4.79 Å². The van der Waals surface area contributed by atoms with Gasteiger partial charge in [0.25, 0.3) is 0 Å². The number of amides is 1. The number of likely N-dealkylation sites (tertiary alicyclic amines) is 1. The van der Waals surface area contributed by atoms with Crippen LogP contribution in [0.25, 0.3) is 0 Å². The number of morpholine rings is 1. The van der Waals surface area contributed by atoms with E-state index in [0.29, 0.717) is 19.1 Å². The lowest BCUT2D eigenvalue weighted by Crippen LogP contribution is -2.46. The number of nitrogens with zero attached hydrogens (tertiary/aromatic N) is 1. The Morgan fingerprint density at radius 1 is 1.62 bits per heavy atom. The van der Waals surface area contributed by atoms with E-state index in [1.807, 2.05) is 0 Å². The van der Waals surface area contributed by atoms with E-state index in [-0.39, 0.29) is 11.9 Å². The van der Waals surface area contributed by atoms with Crippen LogP contribution in [0.15, 0.2) is 0 Å². The standard InChI is InChI=1S/C11H21N3O2/c1-14-4-2-9(7-14)13-11(15)6-10-8-16-5-3-12-10/h9-10,12H,2-8H2,1H3,(H,13,15). The molecule has 0 aromatic carbocycles. The van der Waals surface area contributed by atoms with E-state index >= 15 is 0 Å². The Labute approximate surface area is 96.5 Å². The van der Waals surface area contributed by atoms with Gasteiger partial charge in [0, 0.05) is 31.6 Å². The second kappa shape index (κ2) is 5.61. The van der Waals surface area contributed by atoms with Crippen molar-refractivity contribution in [3.05, 3.63) is 0 Å². The van der Waals surface area contributed by atoms with Gasteiger partial charge in [-0.25, -0.2) is 0 Å². The maximum Gasteiger partial charge on any atom is 0.221 e. The molecule has 2 heterocycles. The highest BCUT2D eigenvalue weighted by atomic mass is 16.5. The van der Waals surface area contributed by atoms with E-state index in [1.54, 1.807) is 0 Å². The van der Waals surface area contributed by atoms with Crippen molar-refractivity contribution in [2.24, 2.45) is 0 Å². The molecule has 2 N–H and O–H groups in total. The number of hydrogen-bond acceptors (Lipinski definition) is 4. The molecule has 0 spiro atoms. The molecule has 16 heavy (non-hydrogen) atoms. The summed E-state index contributed by atoms with van der Waals surface area (Å²) in [7, 11) is 2.09. The Kier molecular flexibility index (Phi) is 4.15. The minimum atomic E-state index is 0.142. The summed E-state index contributed by atoms with van der Waals surface area (Å²) in [6.45, 7) is 4.31. The molecule has 2 aliphatic heterocycles. The van der Waals surface area contributed by atoms with Crippen molar-refractivity contribution in [3.8, 4) is 0 Å². The first-order valence-corrected chi connectivity index (χ1v) is 6.03. The fraction of sp³-hybridized carbons (Fsp3) is 0.909. The Morgan fingerprint density at radius 3 is 3.12 bits per heavy atom. The number of likely N-dealkylation sites (N-methyl/N-ethyl adjacent to an activating group) is 1. The van der Waals surface area contributed by atoms with E-state index in [1.165, 1.54) is 0 Å². The molecule has 92 valence electrons. The molecule has 0 saturated carbocycles. The van der Waals surface area contributed by atoms with Crippen LogP contribution < -0.4 is 10.6 Å². The third-order valence-corrected chi connectivity index (χ3v) is 3.19. The SMILES string of the molecule is CN1CCC(NC(=O)CC2COCCN2)C1. The van der Waals surface area contributed by atoms with E-state index in [2.05, 4.69) is 22.6 Å². The van der Waals surface area contributed by atoms with Gasteiger partial charge in [-0.05, 0) is 20.0 Å². The van der Waals surface area contributed by atoms with Crippen LogP contribution in [0, 0.1) is 0 Å².